The van der Waals surface area contributed by atoms with Crippen LogP contribution in [0.1, 0.15) is 24.3 Å². The van der Waals surface area contributed by atoms with E-state index in [0.717, 1.165) is 21.9 Å². The van der Waals surface area contributed by atoms with Crippen molar-refractivity contribution >= 4 is 46.0 Å². The van der Waals surface area contributed by atoms with E-state index in [4.69, 9.17) is 18.7 Å². The fraction of sp³-hybridized carbons (Fsp3) is 0.240. The van der Waals surface area contributed by atoms with Gasteiger partial charge in [0.05, 0.1) is 25.7 Å². The van der Waals surface area contributed by atoms with E-state index >= 15 is 0 Å². The van der Waals surface area contributed by atoms with Crippen LogP contribution >= 0.6 is 23.3 Å². The van der Waals surface area contributed by atoms with Crippen LogP contribution in [0.25, 0.3) is 11.0 Å². The summed E-state index contributed by atoms with van der Waals surface area (Å²) < 4.78 is 25.8. The van der Waals surface area contributed by atoms with Crippen molar-refractivity contribution in [2.75, 3.05) is 18.9 Å². The van der Waals surface area contributed by atoms with Crippen LogP contribution in [-0.2, 0) is 17.8 Å². The van der Waals surface area contributed by atoms with E-state index in [2.05, 4.69) is 45.0 Å². The van der Waals surface area contributed by atoms with E-state index in [1.165, 1.54) is 28.8 Å². The average molecular weight is 525 g/mol. The van der Waals surface area contributed by atoms with Gasteiger partial charge in [0.1, 0.15) is 22.6 Å². The van der Waals surface area contributed by atoms with Crippen LogP contribution in [0.3, 0.4) is 0 Å². The summed E-state index contributed by atoms with van der Waals surface area (Å²) in [5, 5.41) is 7.98. The molecule has 0 aliphatic rings. The summed E-state index contributed by atoms with van der Waals surface area (Å²) >= 11 is 2.69. The maximum atomic E-state index is 11.5. The van der Waals surface area contributed by atoms with Gasteiger partial charge in [-0.15, -0.1) is 0 Å². The zero-order valence-electron chi connectivity index (χ0n) is 20.1. The van der Waals surface area contributed by atoms with Gasteiger partial charge in [-0.1, -0.05) is 35.4 Å². The topological polar surface area (TPSA) is 108 Å². The number of amides is 1. The van der Waals surface area contributed by atoms with Crippen molar-refractivity contribution in [1.29, 1.82) is 0 Å². The van der Waals surface area contributed by atoms with E-state index in [-0.39, 0.29) is 5.91 Å². The fourth-order valence-corrected chi connectivity index (χ4v) is 4.80. The third-order valence-corrected chi connectivity index (χ3v) is 6.73. The van der Waals surface area contributed by atoms with Gasteiger partial charge < -0.3 is 28.8 Å². The Kier molecular flexibility index (Phi) is 8.20. The highest BCUT2D eigenvalue weighted by Crippen LogP contribution is 2.40. The molecule has 0 fully saturated rings. The summed E-state index contributed by atoms with van der Waals surface area (Å²) in [5.41, 5.74) is 1.69. The second kappa shape index (κ2) is 11.7. The number of nitrogens with one attached hydrogen (secondary N) is 2. The average Bonchev–Trinajstić information content (AvgIpc) is 3.52. The van der Waals surface area contributed by atoms with Crippen molar-refractivity contribution < 1.29 is 23.5 Å². The number of aryl methyl sites for hydroxylation is 1. The Balaban J connectivity index is 1.50. The van der Waals surface area contributed by atoms with E-state index in [1.807, 2.05) is 12.1 Å². The Labute approximate surface area is 216 Å². The molecule has 0 atom stereocenters. The minimum Gasteiger partial charge on any atom is -0.496 e. The van der Waals surface area contributed by atoms with E-state index < -0.39 is 0 Å². The summed E-state index contributed by atoms with van der Waals surface area (Å²) in [6, 6.07) is 9.53. The van der Waals surface area contributed by atoms with Crippen LogP contribution in [0.4, 0.5) is 5.82 Å². The third-order valence-electron chi connectivity index (χ3n) is 5.02. The lowest BCUT2D eigenvalue weighted by Crippen LogP contribution is -2.19. The number of aromatic nitrogens is 2. The van der Waals surface area contributed by atoms with Gasteiger partial charge in [-0.2, -0.15) is 0 Å². The molecule has 0 saturated heterocycles. The quantitative estimate of drug-likeness (QED) is 0.208. The smallest absolute Gasteiger partial charge is 0.296 e. The molecule has 4 aromatic rings. The molecule has 36 heavy (non-hydrogen) atoms. The molecule has 2 aromatic heterocycles. The number of hydrogen-bond acceptors (Lipinski definition) is 10. The largest absolute Gasteiger partial charge is 0.496 e. The molecule has 11 heteroatoms. The minimum absolute atomic E-state index is 0.317. The first-order chi connectivity index (χ1) is 17.5. The second-order valence-electron chi connectivity index (χ2n) is 7.32. The number of hydrogen-bond donors (Lipinski definition) is 2. The van der Waals surface area contributed by atoms with Crippen LogP contribution in [0.5, 0.6) is 22.4 Å². The van der Waals surface area contributed by atoms with E-state index in [9.17, 15) is 4.79 Å². The lowest BCUT2D eigenvalue weighted by atomic mass is 10.2. The van der Waals surface area contributed by atoms with Crippen molar-refractivity contribution in [3.63, 3.8) is 0 Å². The molecule has 0 unspecified atom stereocenters. The minimum atomic E-state index is -0.340. The Morgan fingerprint density at radius 3 is 2.78 bits per heavy atom. The van der Waals surface area contributed by atoms with Gasteiger partial charge in [-0.3, -0.25) is 4.79 Å². The number of fused-ring (bicyclic) bond motifs is 1. The highest BCUT2D eigenvalue weighted by Gasteiger charge is 2.18. The molecule has 186 valence electrons. The van der Waals surface area contributed by atoms with Gasteiger partial charge in [0, 0.05) is 23.2 Å². The van der Waals surface area contributed by atoms with Crippen LogP contribution in [0.2, 0.25) is 0 Å². The predicted molar refractivity (Wildman–Crippen MR) is 140 cm³/mol. The summed E-state index contributed by atoms with van der Waals surface area (Å²) in [5.74, 6) is 6.95. The summed E-state index contributed by atoms with van der Waals surface area (Å²) in [7, 11) is 3.21. The van der Waals surface area contributed by atoms with Gasteiger partial charge in [0.2, 0.25) is 0 Å². The number of carbonyl (C=O) groups is 1. The first-order valence-electron chi connectivity index (χ1n) is 10.9. The number of nitrogens with zero attached hydrogens (tertiary/aromatic N) is 2. The summed E-state index contributed by atoms with van der Waals surface area (Å²) in [6.45, 7) is 4.03. The predicted octanol–water partition coefficient (Wildman–Crippen LogP) is 5.41. The molecule has 0 saturated carbocycles. The molecule has 0 radical (unpaired) electrons. The standard InChI is InChI=1S/C25H24N4O5S2/c1-5-7-22(30)26-13-17-14-27-25(35-17)33-16-11-19(32-4)23-20(12-16)34-28-24(23)29-36-21-10-15(6-2)8-9-18(21)31-3/h8-12,14H,6,13H2,1-4H3,(H,26,30)(H,28,29). The van der Waals surface area contributed by atoms with Crippen molar-refractivity contribution in [3.8, 4) is 34.3 Å². The summed E-state index contributed by atoms with van der Waals surface area (Å²) in [4.78, 5) is 17.6. The highest BCUT2D eigenvalue weighted by atomic mass is 32.2. The van der Waals surface area contributed by atoms with Crippen LogP contribution < -0.4 is 24.2 Å². The molecule has 4 rings (SSSR count). The normalized spacial score (nSPS) is 10.4. The van der Waals surface area contributed by atoms with Gasteiger partial charge in [-0.25, -0.2) is 4.98 Å². The van der Waals surface area contributed by atoms with Crippen molar-refractivity contribution in [1.82, 2.24) is 15.5 Å². The number of benzene rings is 2. The Hall–Kier alpha value is -3.88. The Morgan fingerprint density at radius 1 is 1.19 bits per heavy atom. The maximum Gasteiger partial charge on any atom is 0.296 e. The molecular formula is C25H24N4O5S2. The monoisotopic (exact) mass is 524 g/mol. The van der Waals surface area contributed by atoms with Crippen LogP contribution in [-0.4, -0.2) is 30.3 Å². The first-order valence-corrected chi connectivity index (χ1v) is 12.6. The molecule has 2 aromatic carbocycles. The van der Waals surface area contributed by atoms with Crippen LogP contribution in [0, 0.1) is 11.8 Å². The molecule has 1 amide bonds. The maximum absolute atomic E-state index is 11.5. The number of methoxy groups -OCH3 is 2. The molecule has 9 nitrogen and oxygen atoms in total. The van der Waals surface area contributed by atoms with Gasteiger partial charge in [0.25, 0.3) is 11.1 Å². The second-order valence-corrected chi connectivity index (χ2v) is 9.25. The molecule has 0 aliphatic heterocycles. The van der Waals surface area contributed by atoms with Crippen molar-refractivity contribution in [3.05, 3.63) is 47.0 Å². The molecule has 0 aliphatic carbocycles. The van der Waals surface area contributed by atoms with Gasteiger partial charge >= 0.3 is 0 Å². The molecule has 0 spiro atoms. The zero-order chi connectivity index (χ0) is 25.5. The zero-order valence-corrected chi connectivity index (χ0v) is 21.8. The van der Waals surface area contributed by atoms with Gasteiger partial charge in [-0.05, 0) is 48.9 Å². The first kappa shape index (κ1) is 25.2. The van der Waals surface area contributed by atoms with Crippen LogP contribution in [0.15, 0.2) is 45.9 Å². The number of thiazole rings is 1. The van der Waals surface area contributed by atoms with Crippen molar-refractivity contribution in [2.45, 2.75) is 31.7 Å². The van der Waals surface area contributed by atoms with E-state index in [1.54, 1.807) is 39.5 Å². The number of ether oxygens (including phenoxy) is 3. The number of anilines is 1. The van der Waals surface area contributed by atoms with Gasteiger partial charge in [0.15, 0.2) is 11.4 Å². The Bertz CT molecular complexity index is 1440. The van der Waals surface area contributed by atoms with Crippen molar-refractivity contribution in [2.24, 2.45) is 0 Å². The highest BCUT2D eigenvalue weighted by molar-refractivity contribution is 8.00. The molecular weight excluding hydrogens is 500 g/mol. The Morgan fingerprint density at radius 2 is 2.03 bits per heavy atom. The molecule has 0 bridgehead atoms. The number of carbonyl (C=O) groups excluding carboxylic acids is 1. The lowest BCUT2D eigenvalue weighted by Gasteiger charge is -2.10. The van der Waals surface area contributed by atoms with E-state index in [0.29, 0.717) is 40.0 Å². The SMILES string of the molecule is CC#CC(=O)NCc1cnc(Oc2cc(OC)c3c(NSc4cc(CC)ccc4OC)noc3c2)s1. The fourth-order valence-electron chi connectivity index (χ4n) is 3.27. The lowest BCUT2D eigenvalue weighted by molar-refractivity contribution is -0.115. The number of rotatable bonds is 10. The third kappa shape index (κ3) is 5.84. The summed E-state index contributed by atoms with van der Waals surface area (Å²) in [6.07, 6.45) is 2.56. The molecule has 2 N–H and O–H groups in total. The molecule has 2 heterocycles.